The monoisotopic (exact) mass is 271 g/mol. The van der Waals surface area contributed by atoms with Crippen molar-refractivity contribution in [3.05, 3.63) is 22.9 Å². The third kappa shape index (κ3) is 4.90. The van der Waals surface area contributed by atoms with Gasteiger partial charge in [-0.25, -0.2) is 4.98 Å². The van der Waals surface area contributed by atoms with Crippen molar-refractivity contribution in [2.75, 3.05) is 18.4 Å². The Balaban J connectivity index is 2.34. The molecule has 0 bridgehead atoms. The Morgan fingerprint density at radius 3 is 2.93 bits per heavy atom. The molecule has 1 rings (SSSR count). The molecular weight excluding hydrogens is 258 g/mol. The van der Waals surface area contributed by atoms with Crippen molar-refractivity contribution in [3.8, 4) is 0 Å². The molecule has 0 saturated carbocycles. The first-order chi connectivity index (χ1) is 7.22. The van der Waals surface area contributed by atoms with Gasteiger partial charge in [0, 0.05) is 13.0 Å². The summed E-state index contributed by atoms with van der Waals surface area (Å²) in [5.41, 5.74) is 0.722. The van der Waals surface area contributed by atoms with Gasteiger partial charge in [0.15, 0.2) is 0 Å². The van der Waals surface area contributed by atoms with Crippen molar-refractivity contribution in [1.82, 2.24) is 10.3 Å². The van der Waals surface area contributed by atoms with Crippen LogP contribution >= 0.6 is 15.9 Å². The summed E-state index contributed by atoms with van der Waals surface area (Å²) in [6.07, 6.45) is 2.10. The molecule has 5 heteroatoms. The molecule has 0 aliphatic heterocycles. The summed E-state index contributed by atoms with van der Waals surface area (Å²) in [5, 5.41) is 5.86. The summed E-state index contributed by atoms with van der Waals surface area (Å²) in [6.45, 7) is 3.59. The first kappa shape index (κ1) is 12.1. The Morgan fingerprint density at radius 1 is 1.53 bits per heavy atom. The molecule has 0 aromatic carbocycles. The van der Waals surface area contributed by atoms with Gasteiger partial charge in [0.2, 0.25) is 5.91 Å². The summed E-state index contributed by atoms with van der Waals surface area (Å²) >= 11 is 3.23. The van der Waals surface area contributed by atoms with Crippen molar-refractivity contribution in [2.45, 2.75) is 13.3 Å². The molecule has 0 spiro atoms. The van der Waals surface area contributed by atoms with E-state index in [4.69, 9.17) is 0 Å². The molecule has 15 heavy (non-hydrogen) atoms. The van der Waals surface area contributed by atoms with Gasteiger partial charge in [0.1, 0.15) is 4.60 Å². The second-order valence-corrected chi connectivity index (χ2v) is 3.83. The van der Waals surface area contributed by atoms with E-state index in [1.807, 2.05) is 13.0 Å². The topological polar surface area (TPSA) is 54.0 Å². The SMILES string of the molecule is CCNCCC(=O)Nc1ccc(Br)nc1. The highest BCUT2D eigenvalue weighted by Crippen LogP contribution is 2.10. The number of anilines is 1. The Hall–Kier alpha value is -0.940. The van der Waals surface area contributed by atoms with E-state index in [-0.39, 0.29) is 5.91 Å². The van der Waals surface area contributed by atoms with Crippen LogP contribution in [0.2, 0.25) is 0 Å². The van der Waals surface area contributed by atoms with Crippen LogP contribution in [0.15, 0.2) is 22.9 Å². The zero-order valence-electron chi connectivity index (χ0n) is 8.59. The average Bonchev–Trinajstić information content (AvgIpc) is 2.22. The van der Waals surface area contributed by atoms with E-state index in [9.17, 15) is 4.79 Å². The van der Waals surface area contributed by atoms with E-state index < -0.39 is 0 Å². The number of halogens is 1. The molecule has 4 nitrogen and oxygen atoms in total. The number of hydrogen-bond acceptors (Lipinski definition) is 3. The summed E-state index contributed by atoms with van der Waals surface area (Å²) in [7, 11) is 0. The van der Waals surface area contributed by atoms with Gasteiger partial charge >= 0.3 is 0 Å². The van der Waals surface area contributed by atoms with Crippen molar-refractivity contribution in [2.24, 2.45) is 0 Å². The van der Waals surface area contributed by atoms with Gasteiger partial charge in [-0.15, -0.1) is 0 Å². The molecule has 0 atom stereocenters. The zero-order chi connectivity index (χ0) is 11.1. The predicted octanol–water partition coefficient (Wildman–Crippen LogP) is 1.78. The van der Waals surface area contributed by atoms with Gasteiger partial charge in [-0.05, 0) is 34.6 Å². The molecule has 0 radical (unpaired) electrons. The maximum atomic E-state index is 11.4. The van der Waals surface area contributed by atoms with Gasteiger partial charge in [0.25, 0.3) is 0 Å². The quantitative estimate of drug-likeness (QED) is 0.634. The highest BCUT2D eigenvalue weighted by Gasteiger charge is 2.01. The second kappa shape index (κ2) is 6.53. The van der Waals surface area contributed by atoms with E-state index in [0.29, 0.717) is 13.0 Å². The molecule has 2 N–H and O–H groups in total. The van der Waals surface area contributed by atoms with Crippen LogP contribution in [0, 0.1) is 0 Å². The highest BCUT2D eigenvalue weighted by atomic mass is 79.9. The lowest BCUT2D eigenvalue weighted by molar-refractivity contribution is -0.116. The molecule has 0 fully saturated rings. The van der Waals surface area contributed by atoms with Crippen LogP contribution in [0.4, 0.5) is 5.69 Å². The van der Waals surface area contributed by atoms with Crippen molar-refractivity contribution in [1.29, 1.82) is 0 Å². The van der Waals surface area contributed by atoms with Crippen molar-refractivity contribution >= 4 is 27.5 Å². The summed E-state index contributed by atoms with van der Waals surface area (Å²) in [4.78, 5) is 15.4. The van der Waals surface area contributed by atoms with E-state index in [1.165, 1.54) is 0 Å². The van der Waals surface area contributed by atoms with Crippen LogP contribution in [-0.2, 0) is 4.79 Å². The fraction of sp³-hybridized carbons (Fsp3) is 0.400. The van der Waals surface area contributed by atoms with Crippen LogP contribution in [0.3, 0.4) is 0 Å². The maximum absolute atomic E-state index is 11.4. The maximum Gasteiger partial charge on any atom is 0.225 e. The van der Waals surface area contributed by atoms with Crippen LogP contribution in [0.1, 0.15) is 13.3 Å². The number of carbonyl (C=O) groups is 1. The number of hydrogen-bond donors (Lipinski definition) is 2. The molecule has 1 amide bonds. The minimum atomic E-state index is 0.0000671. The number of amides is 1. The van der Waals surface area contributed by atoms with E-state index in [0.717, 1.165) is 16.8 Å². The van der Waals surface area contributed by atoms with Gasteiger partial charge in [-0.2, -0.15) is 0 Å². The molecule has 0 aliphatic rings. The lowest BCUT2D eigenvalue weighted by atomic mass is 10.3. The second-order valence-electron chi connectivity index (χ2n) is 3.02. The number of carbonyl (C=O) groups excluding carboxylic acids is 1. The summed E-state index contributed by atoms with van der Waals surface area (Å²) < 4.78 is 0.758. The van der Waals surface area contributed by atoms with Gasteiger partial charge in [-0.3, -0.25) is 4.79 Å². The fourth-order valence-electron chi connectivity index (χ4n) is 1.05. The van der Waals surface area contributed by atoms with Gasteiger partial charge in [0.05, 0.1) is 11.9 Å². The highest BCUT2D eigenvalue weighted by molar-refractivity contribution is 9.10. The van der Waals surface area contributed by atoms with Crippen LogP contribution in [-0.4, -0.2) is 24.0 Å². The third-order valence-electron chi connectivity index (χ3n) is 1.79. The first-order valence-corrected chi connectivity index (χ1v) is 5.64. The summed E-state index contributed by atoms with van der Waals surface area (Å²) in [6, 6.07) is 3.60. The predicted molar refractivity (Wildman–Crippen MR) is 63.7 cm³/mol. The lowest BCUT2D eigenvalue weighted by Gasteiger charge is -2.04. The number of nitrogens with one attached hydrogen (secondary N) is 2. The molecule has 0 unspecified atom stereocenters. The fourth-order valence-corrected chi connectivity index (χ4v) is 1.29. The Bertz CT molecular complexity index is 313. The van der Waals surface area contributed by atoms with Crippen molar-refractivity contribution < 1.29 is 4.79 Å². The molecular formula is C10H14BrN3O. The largest absolute Gasteiger partial charge is 0.325 e. The van der Waals surface area contributed by atoms with E-state index >= 15 is 0 Å². The van der Waals surface area contributed by atoms with E-state index in [2.05, 4.69) is 31.5 Å². The molecule has 1 heterocycles. The smallest absolute Gasteiger partial charge is 0.225 e. The molecule has 82 valence electrons. The first-order valence-electron chi connectivity index (χ1n) is 4.84. The van der Waals surface area contributed by atoms with Crippen LogP contribution < -0.4 is 10.6 Å². The van der Waals surface area contributed by atoms with Crippen LogP contribution in [0.5, 0.6) is 0 Å². The normalized spacial score (nSPS) is 10.0. The third-order valence-corrected chi connectivity index (χ3v) is 2.26. The lowest BCUT2D eigenvalue weighted by Crippen LogP contribution is -2.21. The van der Waals surface area contributed by atoms with Gasteiger partial charge < -0.3 is 10.6 Å². The number of aromatic nitrogens is 1. The Kier molecular flexibility index (Phi) is 5.28. The average molecular weight is 272 g/mol. The standard InChI is InChI=1S/C10H14BrN3O/c1-2-12-6-5-10(15)14-8-3-4-9(11)13-7-8/h3-4,7,12H,2,5-6H2,1H3,(H,14,15). The number of nitrogens with zero attached hydrogens (tertiary/aromatic N) is 1. The Labute approximate surface area is 97.6 Å². The number of pyridine rings is 1. The molecule has 0 aliphatic carbocycles. The van der Waals surface area contributed by atoms with Gasteiger partial charge in [-0.1, -0.05) is 6.92 Å². The number of rotatable bonds is 5. The molecule has 0 saturated heterocycles. The molecule has 1 aromatic rings. The van der Waals surface area contributed by atoms with Crippen molar-refractivity contribution in [3.63, 3.8) is 0 Å². The minimum absolute atomic E-state index is 0.0000671. The summed E-state index contributed by atoms with van der Waals surface area (Å²) in [5.74, 6) is 0.0000671. The Morgan fingerprint density at radius 2 is 2.33 bits per heavy atom. The van der Waals surface area contributed by atoms with E-state index in [1.54, 1.807) is 12.3 Å². The minimum Gasteiger partial charge on any atom is -0.325 e. The molecule has 1 aromatic heterocycles. The zero-order valence-corrected chi connectivity index (χ0v) is 10.2. The van der Waals surface area contributed by atoms with Crippen LogP contribution in [0.25, 0.3) is 0 Å².